The first-order valence-corrected chi connectivity index (χ1v) is 8.06. The lowest BCUT2D eigenvalue weighted by Gasteiger charge is -2.23. The van der Waals surface area contributed by atoms with Gasteiger partial charge in [-0.15, -0.1) is 0 Å². The number of rotatable bonds is 5. The average molecular weight is 321 g/mol. The minimum atomic E-state index is -0.600. The van der Waals surface area contributed by atoms with Crippen LogP contribution >= 0.6 is 0 Å². The zero-order valence-corrected chi connectivity index (χ0v) is 13.6. The van der Waals surface area contributed by atoms with Crippen molar-refractivity contribution in [3.8, 4) is 0 Å². The van der Waals surface area contributed by atoms with Crippen molar-refractivity contribution in [2.24, 2.45) is 5.92 Å². The molecular weight excluding hydrogens is 297 g/mol. The molecule has 6 heteroatoms. The standard InChI is InChI=1S/C17H24FN3O2/c1-11(2)8-16(22)21-15-6-5-12(9-14(15)18)17(23)20-13-4-3-7-19-10-13/h5-6,9,11,13,19H,3-4,7-8,10H2,1-2H3,(H,20,23)(H,21,22)/t13-/m0/s1. The first-order chi connectivity index (χ1) is 11.0. The van der Waals surface area contributed by atoms with Crippen molar-refractivity contribution in [1.29, 1.82) is 0 Å². The molecule has 1 aromatic rings. The Morgan fingerprint density at radius 2 is 2.17 bits per heavy atom. The maximum atomic E-state index is 14.1. The Morgan fingerprint density at radius 3 is 2.78 bits per heavy atom. The molecule has 126 valence electrons. The fourth-order valence-electron chi connectivity index (χ4n) is 2.57. The van der Waals surface area contributed by atoms with E-state index in [1.165, 1.54) is 12.1 Å². The minimum Gasteiger partial charge on any atom is -0.348 e. The van der Waals surface area contributed by atoms with E-state index in [1.807, 2.05) is 13.8 Å². The van der Waals surface area contributed by atoms with E-state index >= 15 is 0 Å². The number of amides is 2. The van der Waals surface area contributed by atoms with Crippen LogP contribution in [0.15, 0.2) is 18.2 Å². The van der Waals surface area contributed by atoms with Gasteiger partial charge in [0, 0.05) is 24.6 Å². The summed E-state index contributed by atoms with van der Waals surface area (Å²) in [6.45, 7) is 5.54. The Morgan fingerprint density at radius 1 is 1.39 bits per heavy atom. The predicted octanol–water partition coefficient (Wildman–Crippen LogP) is 2.29. The molecule has 0 spiro atoms. The van der Waals surface area contributed by atoms with Gasteiger partial charge in [-0.2, -0.15) is 0 Å². The van der Waals surface area contributed by atoms with Crippen molar-refractivity contribution in [1.82, 2.24) is 10.6 Å². The molecule has 0 aromatic heterocycles. The van der Waals surface area contributed by atoms with E-state index in [2.05, 4.69) is 16.0 Å². The van der Waals surface area contributed by atoms with E-state index in [1.54, 1.807) is 0 Å². The summed E-state index contributed by atoms with van der Waals surface area (Å²) >= 11 is 0. The number of anilines is 1. The zero-order chi connectivity index (χ0) is 16.8. The molecular formula is C17H24FN3O2. The van der Waals surface area contributed by atoms with Crippen LogP contribution in [0.1, 0.15) is 43.5 Å². The number of benzene rings is 1. The Balaban J connectivity index is 1.97. The van der Waals surface area contributed by atoms with Gasteiger partial charge in [-0.3, -0.25) is 9.59 Å². The van der Waals surface area contributed by atoms with Crippen molar-refractivity contribution < 1.29 is 14.0 Å². The van der Waals surface area contributed by atoms with Gasteiger partial charge in [0.15, 0.2) is 0 Å². The van der Waals surface area contributed by atoms with Gasteiger partial charge >= 0.3 is 0 Å². The number of nitrogens with one attached hydrogen (secondary N) is 3. The smallest absolute Gasteiger partial charge is 0.251 e. The number of carbonyl (C=O) groups excluding carboxylic acids is 2. The molecule has 1 heterocycles. The fourth-order valence-corrected chi connectivity index (χ4v) is 2.57. The van der Waals surface area contributed by atoms with E-state index in [-0.39, 0.29) is 35.0 Å². The molecule has 1 aliphatic heterocycles. The molecule has 5 nitrogen and oxygen atoms in total. The molecule has 2 rings (SSSR count). The van der Waals surface area contributed by atoms with Crippen molar-refractivity contribution in [3.63, 3.8) is 0 Å². The summed E-state index contributed by atoms with van der Waals surface area (Å²) in [4.78, 5) is 23.8. The molecule has 0 radical (unpaired) electrons. The molecule has 1 aromatic carbocycles. The summed E-state index contributed by atoms with van der Waals surface area (Å²) in [5, 5.41) is 8.64. The highest BCUT2D eigenvalue weighted by molar-refractivity contribution is 5.96. The third kappa shape index (κ3) is 5.32. The molecule has 23 heavy (non-hydrogen) atoms. The largest absolute Gasteiger partial charge is 0.348 e. The average Bonchev–Trinajstić information content (AvgIpc) is 2.49. The van der Waals surface area contributed by atoms with Crippen LogP contribution in [0.4, 0.5) is 10.1 Å². The van der Waals surface area contributed by atoms with Crippen molar-refractivity contribution in [3.05, 3.63) is 29.6 Å². The van der Waals surface area contributed by atoms with Gasteiger partial charge in [-0.1, -0.05) is 13.8 Å². The van der Waals surface area contributed by atoms with Gasteiger partial charge in [0.25, 0.3) is 5.91 Å². The number of halogens is 1. The second kappa shape index (κ2) is 8.06. The number of hydrogen-bond acceptors (Lipinski definition) is 3. The van der Waals surface area contributed by atoms with Gasteiger partial charge in [-0.05, 0) is 43.5 Å². The minimum absolute atomic E-state index is 0.0738. The van der Waals surface area contributed by atoms with Crippen LogP contribution in [0.5, 0.6) is 0 Å². The molecule has 0 saturated carbocycles. The van der Waals surface area contributed by atoms with Crippen LogP contribution in [0.25, 0.3) is 0 Å². The summed E-state index contributed by atoms with van der Waals surface area (Å²) in [6.07, 6.45) is 2.26. The zero-order valence-electron chi connectivity index (χ0n) is 13.6. The summed E-state index contributed by atoms with van der Waals surface area (Å²) in [5.74, 6) is -0.925. The maximum absolute atomic E-state index is 14.1. The lowest BCUT2D eigenvalue weighted by atomic mass is 10.1. The molecule has 1 fully saturated rings. The Labute approximate surface area is 136 Å². The van der Waals surface area contributed by atoms with E-state index in [9.17, 15) is 14.0 Å². The van der Waals surface area contributed by atoms with Crippen LogP contribution in [0.2, 0.25) is 0 Å². The van der Waals surface area contributed by atoms with Gasteiger partial charge in [0.1, 0.15) is 5.82 Å². The van der Waals surface area contributed by atoms with Crippen molar-refractivity contribution >= 4 is 17.5 Å². The Kier molecular flexibility index (Phi) is 6.10. The van der Waals surface area contributed by atoms with Gasteiger partial charge in [0.05, 0.1) is 5.69 Å². The Bertz CT molecular complexity index is 569. The van der Waals surface area contributed by atoms with Crippen LogP contribution < -0.4 is 16.0 Å². The van der Waals surface area contributed by atoms with Crippen LogP contribution in [-0.2, 0) is 4.79 Å². The van der Waals surface area contributed by atoms with Gasteiger partial charge in [-0.25, -0.2) is 4.39 Å². The van der Waals surface area contributed by atoms with Crippen LogP contribution in [0, 0.1) is 11.7 Å². The van der Waals surface area contributed by atoms with Gasteiger partial charge < -0.3 is 16.0 Å². The molecule has 0 aliphatic carbocycles. The molecule has 1 aliphatic rings. The fraction of sp³-hybridized carbons (Fsp3) is 0.529. The summed E-state index contributed by atoms with van der Waals surface area (Å²) < 4.78 is 14.1. The quantitative estimate of drug-likeness (QED) is 0.779. The first-order valence-electron chi connectivity index (χ1n) is 8.06. The topological polar surface area (TPSA) is 70.2 Å². The van der Waals surface area contributed by atoms with E-state index in [0.717, 1.165) is 32.0 Å². The highest BCUT2D eigenvalue weighted by atomic mass is 19.1. The lowest BCUT2D eigenvalue weighted by molar-refractivity contribution is -0.116. The normalized spacial score (nSPS) is 17.8. The van der Waals surface area contributed by atoms with Crippen molar-refractivity contribution in [2.45, 2.75) is 39.2 Å². The third-order valence-corrected chi connectivity index (χ3v) is 3.73. The van der Waals surface area contributed by atoms with Crippen LogP contribution in [0.3, 0.4) is 0 Å². The molecule has 3 N–H and O–H groups in total. The molecule has 0 bridgehead atoms. The van der Waals surface area contributed by atoms with E-state index in [4.69, 9.17) is 0 Å². The second-order valence-electron chi connectivity index (χ2n) is 6.36. The van der Waals surface area contributed by atoms with E-state index in [0.29, 0.717) is 6.42 Å². The monoisotopic (exact) mass is 321 g/mol. The first kappa shape index (κ1) is 17.4. The van der Waals surface area contributed by atoms with E-state index < -0.39 is 5.82 Å². The predicted molar refractivity (Wildman–Crippen MR) is 87.8 cm³/mol. The SMILES string of the molecule is CC(C)CC(=O)Nc1ccc(C(=O)N[C@H]2CCCNC2)cc1F. The highest BCUT2D eigenvalue weighted by Crippen LogP contribution is 2.17. The van der Waals surface area contributed by atoms with Crippen LogP contribution in [-0.4, -0.2) is 30.9 Å². The number of hydrogen-bond donors (Lipinski definition) is 3. The summed E-state index contributed by atoms with van der Waals surface area (Å²) in [5.41, 5.74) is 0.362. The third-order valence-electron chi connectivity index (χ3n) is 3.73. The number of carbonyl (C=O) groups is 2. The van der Waals surface area contributed by atoms with Crippen molar-refractivity contribution in [2.75, 3.05) is 18.4 Å². The Hall–Kier alpha value is -1.95. The second-order valence-corrected chi connectivity index (χ2v) is 6.36. The summed E-state index contributed by atoms with van der Waals surface area (Å²) in [6, 6.07) is 4.20. The molecule has 2 amide bonds. The molecule has 0 unspecified atom stereocenters. The molecule has 1 atom stereocenters. The maximum Gasteiger partial charge on any atom is 0.251 e. The van der Waals surface area contributed by atoms with Gasteiger partial charge in [0.2, 0.25) is 5.91 Å². The highest BCUT2D eigenvalue weighted by Gasteiger charge is 2.17. The lowest BCUT2D eigenvalue weighted by Crippen LogP contribution is -2.45. The number of piperidine rings is 1. The summed E-state index contributed by atoms with van der Waals surface area (Å²) in [7, 11) is 0. The molecule has 1 saturated heterocycles.